The van der Waals surface area contributed by atoms with Crippen LogP contribution in [-0.2, 0) is 19.8 Å². The van der Waals surface area contributed by atoms with Crippen molar-refractivity contribution in [2.75, 3.05) is 0 Å². The Morgan fingerprint density at radius 1 is 1.06 bits per heavy atom. The third-order valence-corrected chi connectivity index (χ3v) is 4.82. The van der Waals surface area contributed by atoms with Gasteiger partial charge in [0, 0.05) is 19.2 Å². The molecule has 0 fully saturated rings. The maximum absolute atomic E-state index is 13.1. The maximum atomic E-state index is 13.1. The Labute approximate surface area is 174 Å². The standard InChI is InChI=1S/C22H16F4N4O/c1-30-20-18(12-28-30)17(21(31)27-11-13-2-8-16(23)9-3-13)10-19(29-20)14-4-6-15(7-5-14)22(24,25)26/h2-10,12H,11H2,1H3,(H,27,31). The van der Waals surface area contributed by atoms with Gasteiger partial charge in [-0.25, -0.2) is 9.37 Å². The van der Waals surface area contributed by atoms with Gasteiger partial charge in [-0.3, -0.25) is 9.48 Å². The van der Waals surface area contributed by atoms with E-state index in [9.17, 15) is 22.4 Å². The zero-order valence-electron chi connectivity index (χ0n) is 16.2. The molecule has 2 aromatic carbocycles. The Hall–Kier alpha value is -3.75. The van der Waals surface area contributed by atoms with Gasteiger partial charge in [-0.1, -0.05) is 24.3 Å². The van der Waals surface area contributed by atoms with E-state index in [-0.39, 0.29) is 17.9 Å². The SMILES string of the molecule is Cn1ncc2c(C(=O)NCc3ccc(F)cc3)cc(-c3ccc(C(F)(F)F)cc3)nc21. The molecule has 5 nitrogen and oxygen atoms in total. The van der Waals surface area contributed by atoms with Crippen molar-refractivity contribution in [1.29, 1.82) is 0 Å². The fourth-order valence-corrected chi connectivity index (χ4v) is 3.16. The second kappa shape index (κ2) is 7.82. The molecule has 0 spiro atoms. The summed E-state index contributed by atoms with van der Waals surface area (Å²) >= 11 is 0. The van der Waals surface area contributed by atoms with E-state index in [1.807, 2.05) is 0 Å². The summed E-state index contributed by atoms with van der Waals surface area (Å²) in [6.45, 7) is 0.179. The van der Waals surface area contributed by atoms with Crippen LogP contribution in [0.1, 0.15) is 21.5 Å². The van der Waals surface area contributed by atoms with Crippen molar-refractivity contribution in [2.24, 2.45) is 7.05 Å². The van der Waals surface area contributed by atoms with Gasteiger partial charge in [-0.15, -0.1) is 0 Å². The van der Waals surface area contributed by atoms with E-state index in [0.29, 0.717) is 27.9 Å². The number of nitrogens with one attached hydrogen (secondary N) is 1. The highest BCUT2D eigenvalue weighted by Gasteiger charge is 2.30. The topological polar surface area (TPSA) is 59.8 Å². The highest BCUT2D eigenvalue weighted by atomic mass is 19.4. The highest BCUT2D eigenvalue weighted by molar-refractivity contribution is 6.06. The first-order valence-electron chi connectivity index (χ1n) is 9.25. The molecule has 1 amide bonds. The van der Waals surface area contributed by atoms with Crippen LogP contribution in [-0.4, -0.2) is 20.7 Å². The van der Waals surface area contributed by atoms with Crippen LogP contribution in [0.3, 0.4) is 0 Å². The molecule has 0 saturated carbocycles. The number of carbonyl (C=O) groups excluding carboxylic acids is 1. The van der Waals surface area contributed by atoms with Crippen molar-refractivity contribution in [2.45, 2.75) is 12.7 Å². The molecule has 0 aliphatic rings. The lowest BCUT2D eigenvalue weighted by atomic mass is 10.0. The Bertz CT molecular complexity index is 1250. The lowest BCUT2D eigenvalue weighted by Gasteiger charge is -2.10. The van der Waals surface area contributed by atoms with E-state index in [2.05, 4.69) is 15.4 Å². The van der Waals surface area contributed by atoms with E-state index in [1.54, 1.807) is 19.2 Å². The number of hydrogen-bond donors (Lipinski definition) is 1. The van der Waals surface area contributed by atoms with E-state index in [0.717, 1.165) is 12.1 Å². The number of pyridine rings is 1. The fraction of sp³-hybridized carbons (Fsp3) is 0.136. The van der Waals surface area contributed by atoms with Gasteiger partial charge in [0.05, 0.1) is 28.4 Å². The van der Waals surface area contributed by atoms with Gasteiger partial charge in [0.25, 0.3) is 5.91 Å². The summed E-state index contributed by atoms with van der Waals surface area (Å²) in [6.07, 6.45) is -2.94. The first-order chi connectivity index (χ1) is 14.7. The average Bonchev–Trinajstić information content (AvgIpc) is 3.13. The summed E-state index contributed by atoms with van der Waals surface area (Å²) in [5, 5.41) is 7.41. The number of fused-ring (bicyclic) bond motifs is 1. The lowest BCUT2D eigenvalue weighted by molar-refractivity contribution is -0.137. The molecule has 4 rings (SSSR count). The van der Waals surface area contributed by atoms with Crippen LogP contribution < -0.4 is 5.32 Å². The van der Waals surface area contributed by atoms with Crippen molar-refractivity contribution in [1.82, 2.24) is 20.1 Å². The van der Waals surface area contributed by atoms with Gasteiger partial charge >= 0.3 is 6.18 Å². The average molecular weight is 428 g/mol. The summed E-state index contributed by atoms with van der Waals surface area (Å²) in [7, 11) is 1.66. The van der Waals surface area contributed by atoms with Gasteiger partial charge in [0.1, 0.15) is 5.82 Å². The van der Waals surface area contributed by atoms with Crippen LogP contribution in [0.4, 0.5) is 17.6 Å². The van der Waals surface area contributed by atoms with Crippen LogP contribution in [0.2, 0.25) is 0 Å². The predicted octanol–water partition coefficient (Wildman–Crippen LogP) is 4.72. The number of halogens is 4. The molecule has 4 aromatic rings. The molecular formula is C22H16F4N4O. The summed E-state index contributed by atoms with van der Waals surface area (Å²) in [6, 6.07) is 11.8. The monoisotopic (exact) mass is 428 g/mol. The molecule has 0 atom stereocenters. The number of rotatable bonds is 4. The predicted molar refractivity (Wildman–Crippen MR) is 107 cm³/mol. The van der Waals surface area contributed by atoms with E-state index >= 15 is 0 Å². The van der Waals surface area contributed by atoms with Crippen LogP contribution >= 0.6 is 0 Å². The maximum Gasteiger partial charge on any atom is 0.416 e. The molecule has 1 N–H and O–H groups in total. The van der Waals surface area contributed by atoms with Crippen LogP contribution in [0.5, 0.6) is 0 Å². The quantitative estimate of drug-likeness (QED) is 0.479. The van der Waals surface area contributed by atoms with Crippen molar-refractivity contribution in [3.63, 3.8) is 0 Å². The minimum absolute atomic E-state index is 0.179. The number of nitrogens with zero attached hydrogens (tertiary/aromatic N) is 3. The summed E-state index contributed by atoms with van der Waals surface area (Å²) in [5.74, 6) is -0.777. The second-order valence-corrected chi connectivity index (χ2v) is 6.94. The Balaban J connectivity index is 1.68. The Kier molecular flexibility index (Phi) is 5.18. The van der Waals surface area contributed by atoms with Gasteiger partial charge in [-0.2, -0.15) is 18.3 Å². The van der Waals surface area contributed by atoms with Crippen molar-refractivity contribution in [3.05, 3.63) is 83.3 Å². The van der Waals surface area contributed by atoms with Gasteiger partial charge in [-0.05, 0) is 35.9 Å². The molecule has 0 bridgehead atoms. The third-order valence-electron chi connectivity index (χ3n) is 4.82. The molecule has 2 aromatic heterocycles. The molecule has 31 heavy (non-hydrogen) atoms. The minimum Gasteiger partial charge on any atom is -0.348 e. The fourth-order valence-electron chi connectivity index (χ4n) is 3.16. The van der Waals surface area contributed by atoms with Gasteiger partial charge < -0.3 is 5.32 Å². The largest absolute Gasteiger partial charge is 0.416 e. The molecule has 158 valence electrons. The second-order valence-electron chi connectivity index (χ2n) is 6.94. The van der Waals surface area contributed by atoms with Crippen LogP contribution in [0.15, 0.2) is 60.8 Å². The van der Waals surface area contributed by atoms with E-state index in [4.69, 9.17) is 0 Å². The van der Waals surface area contributed by atoms with E-state index < -0.39 is 17.6 Å². The highest BCUT2D eigenvalue weighted by Crippen LogP contribution is 2.31. The number of aromatic nitrogens is 3. The van der Waals surface area contributed by atoms with Crippen LogP contribution in [0, 0.1) is 5.82 Å². The molecule has 2 heterocycles. The van der Waals surface area contributed by atoms with Crippen molar-refractivity contribution >= 4 is 16.9 Å². The number of aryl methyl sites for hydroxylation is 1. The number of benzene rings is 2. The number of alkyl halides is 3. The third kappa shape index (κ3) is 4.25. The lowest BCUT2D eigenvalue weighted by Crippen LogP contribution is -2.23. The molecule has 0 radical (unpaired) electrons. The molecule has 0 saturated heterocycles. The molecule has 9 heteroatoms. The van der Waals surface area contributed by atoms with Crippen LogP contribution in [0.25, 0.3) is 22.3 Å². The smallest absolute Gasteiger partial charge is 0.348 e. The normalized spacial score (nSPS) is 11.6. The zero-order chi connectivity index (χ0) is 22.2. The Morgan fingerprint density at radius 2 is 1.74 bits per heavy atom. The molecule has 0 aliphatic carbocycles. The molecule has 0 unspecified atom stereocenters. The number of carbonyl (C=O) groups is 1. The Morgan fingerprint density at radius 3 is 2.39 bits per heavy atom. The first kappa shape index (κ1) is 20.5. The number of hydrogen-bond acceptors (Lipinski definition) is 3. The van der Waals surface area contributed by atoms with Crippen molar-refractivity contribution in [3.8, 4) is 11.3 Å². The zero-order valence-corrected chi connectivity index (χ0v) is 16.2. The minimum atomic E-state index is -4.44. The van der Waals surface area contributed by atoms with Crippen molar-refractivity contribution < 1.29 is 22.4 Å². The summed E-state index contributed by atoms with van der Waals surface area (Å²) in [4.78, 5) is 17.3. The number of amides is 1. The summed E-state index contributed by atoms with van der Waals surface area (Å²) in [5.41, 5.74) is 1.43. The van der Waals surface area contributed by atoms with Gasteiger partial charge in [0.2, 0.25) is 0 Å². The van der Waals surface area contributed by atoms with E-state index in [1.165, 1.54) is 41.2 Å². The summed E-state index contributed by atoms with van der Waals surface area (Å²) < 4.78 is 53.1. The molecule has 0 aliphatic heterocycles. The van der Waals surface area contributed by atoms with Gasteiger partial charge in [0.15, 0.2) is 5.65 Å². The molecular weight excluding hydrogens is 412 g/mol. The first-order valence-corrected chi connectivity index (χ1v) is 9.25.